The molecule has 2 aromatic rings. The first kappa shape index (κ1) is 11.4. The van der Waals surface area contributed by atoms with Gasteiger partial charge in [-0.05, 0) is 17.2 Å². The van der Waals surface area contributed by atoms with Crippen molar-refractivity contribution in [2.45, 2.75) is 0 Å². The van der Waals surface area contributed by atoms with Gasteiger partial charge in [-0.15, -0.1) is 0 Å². The predicted octanol–water partition coefficient (Wildman–Crippen LogP) is 2.20. The van der Waals surface area contributed by atoms with Crippen molar-refractivity contribution in [3.05, 3.63) is 53.9 Å². The van der Waals surface area contributed by atoms with E-state index >= 15 is 0 Å². The quantitative estimate of drug-likeness (QED) is 0.839. The molecule has 0 aliphatic rings. The Morgan fingerprint density at radius 1 is 1.18 bits per heavy atom. The van der Waals surface area contributed by atoms with E-state index in [0.29, 0.717) is 5.56 Å². The molecule has 0 saturated carbocycles. The zero-order chi connectivity index (χ0) is 12.3. The van der Waals surface area contributed by atoms with Crippen molar-refractivity contribution >= 4 is 23.5 Å². The molecule has 1 heterocycles. The van der Waals surface area contributed by atoms with Crippen molar-refractivity contribution in [3.63, 3.8) is 0 Å². The lowest BCUT2D eigenvalue weighted by Gasteiger charge is -2.03. The summed E-state index contributed by atoms with van der Waals surface area (Å²) in [6, 6.07) is 9.42. The number of nitrogens with zero attached hydrogens (tertiary/aromatic N) is 1. The highest BCUT2D eigenvalue weighted by atomic mass is 32.1. The van der Waals surface area contributed by atoms with Gasteiger partial charge in [-0.3, -0.25) is 9.78 Å². The van der Waals surface area contributed by atoms with Crippen LogP contribution >= 0.6 is 12.2 Å². The monoisotopic (exact) mass is 242 g/mol. The third kappa shape index (κ3) is 2.54. The van der Waals surface area contributed by atoms with Crippen LogP contribution in [0.5, 0.6) is 0 Å². The molecule has 4 heteroatoms. The Bertz CT molecular complexity index is 564. The summed E-state index contributed by atoms with van der Waals surface area (Å²) in [6.45, 7) is 0. The number of pyridine rings is 1. The Hall–Kier alpha value is -2.07. The number of hydrogen-bond acceptors (Lipinski definition) is 3. The van der Waals surface area contributed by atoms with Crippen LogP contribution in [0.3, 0.4) is 0 Å². The molecule has 0 aliphatic heterocycles. The predicted molar refractivity (Wildman–Crippen MR) is 70.9 cm³/mol. The van der Waals surface area contributed by atoms with Gasteiger partial charge in [0.1, 0.15) is 0 Å². The van der Waals surface area contributed by atoms with E-state index in [9.17, 15) is 4.79 Å². The van der Waals surface area contributed by atoms with Crippen LogP contribution in [0.2, 0.25) is 0 Å². The standard InChI is InChI=1S/C13H10N2OS/c14-13(16)12-5-11(6-15-7-12)10-3-1-9(8-17)2-4-10/h1-8H,(H2,14,16). The van der Waals surface area contributed by atoms with Gasteiger partial charge in [0, 0.05) is 23.3 Å². The van der Waals surface area contributed by atoms with Gasteiger partial charge in [-0.1, -0.05) is 36.5 Å². The Kier molecular flexibility index (Phi) is 3.25. The minimum atomic E-state index is -0.477. The topological polar surface area (TPSA) is 56.0 Å². The number of primary amides is 1. The summed E-state index contributed by atoms with van der Waals surface area (Å²) in [5.41, 5.74) is 8.42. The van der Waals surface area contributed by atoms with Gasteiger partial charge >= 0.3 is 0 Å². The first-order valence-electron chi connectivity index (χ1n) is 5.01. The van der Waals surface area contributed by atoms with Gasteiger partial charge < -0.3 is 5.73 Å². The molecule has 1 amide bonds. The molecule has 1 aromatic heterocycles. The summed E-state index contributed by atoms with van der Waals surface area (Å²) in [7, 11) is 0. The van der Waals surface area contributed by atoms with E-state index in [1.54, 1.807) is 17.6 Å². The summed E-state index contributed by atoms with van der Waals surface area (Å²) >= 11 is 4.83. The number of thiocarbonyl (C=S) groups is 1. The highest BCUT2D eigenvalue weighted by Crippen LogP contribution is 2.19. The van der Waals surface area contributed by atoms with Crippen molar-refractivity contribution in [2.75, 3.05) is 0 Å². The van der Waals surface area contributed by atoms with E-state index in [2.05, 4.69) is 4.98 Å². The van der Waals surface area contributed by atoms with Crippen molar-refractivity contribution in [2.24, 2.45) is 5.73 Å². The number of nitrogens with two attached hydrogens (primary N) is 1. The zero-order valence-corrected chi connectivity index (χ0v) is 9.78. The molecule has 3 nitrogen and oxygen atoms in total. The summed E-state index contributed by atoms with van der Waals surface area (Å²) < 4.78 is 0. The summed E-state index contributed by atoms with van der Waals surface area (Å²) in [4.78, 5) is 15.0. The van der Waals surface area contributed by atoms with Crippen molar-refractivity contribution in [1.29, 1.82) is 0 Å². The number of amides is 1. The van der Waals surface area contributed by atoms with Crippen molar-refractivity contribution in [1.82, 2.24) is 4.98 Å². The molecular weight excluding hydrogens is 232 g/mol. The van der Waals surface area contributed by atoms with E-state index in [1.807, 2.05) is 24.3 Å². The number of rotatable bonds is 3. The Morgan fingerprint density at radius 3 is 2.47 bits per heavy atom. The molecule has 0 unspecified atom stereocenters. The van der Waals surface area contributed by atoms with E-state index in [4.69, 9.17) is 18.0 Å². The van der Waals surface area contributed by atoms with E-state index in [-0.39, 0.29) is 0 Å². The molecule has 0 fully saturated rings. The van der Waals surface area contributed by atoms with Crippen LogP contribution in [0.25, 0.3) is 11.1 Å². The molecule has 0 radical (unpaired) electrons. The van der Waals surface area contributed by atoms with Gasteiger partial charge in [0.2, 0.25) is 5.91 Å². The fraction of sp³-hybridized carbons (Fsp3) is 0. The average molecular weight is 242 g/mol. The molecule has 2 N–H and O–H groups in total. The highest BCUT2D eigenvalue weighted by Gasteiger charge is 2.03. The Labute approximate surface area is 104 Å². The maximum absolute atomic E-state index is 11.0. The van der Waals surface area contributed by atoms with Crippen LogP contribution in [-0.2, 0) is 0 Å². The van der Waals surface area contributed by atoms with Crippen molar-refractivity contribution < 1.29 is 4.79 Å². The first-order valence-corrected chi connectivity index (χ1v) is 5.48. The third-order valence-electron chi connectivity index (χ3n) is 2.40. The second-order valence-electron chi connectivity index (χ2n) is 3.57. The van der Waals surface area contributed by atoms with Gasteiger partial charge in [0.15, 0.2) is 0 Å². The van der Waals surface area contributed by atoms with Crippen LogP contribution in [0, 0.1) is 0 Å². The summed E-state index contributed by atoms with van der Waals surface area (Å²) in [5.74, 6) is -0.477. The fourth-order valence-corrected chi connectivity index (χ4v) is 1.64. The number of carbonyl (C=O) groups excluding carboxylic acids is 1. The average Bonchev–Trinajstić information content (AvgIpc) is 2.39. The van der Waals surface area contributed by atoms with Crippen molar-refractivity contribution in [3.8, 4) is 11.1 Å². The SMILES string of the molecule is NC(=O)c1cncc(-c2ccc(C=S)cc2)c1. The third-order valence-corrected chi connectivity index (χ3v) is 2.68. The lowest BCUT2D eigenvalue weighted by Crippen LogP contribution is -2.11. The second-order valence-corrected chi connectivity index (χ2v) is 3.80. The van der Waals surface area contributed by atoms with Gasteiger partial charge in [-0.2, -0.15) is 0 Å². The summed E-state index contributed by atoms with van der Waals surface area (Å²) in [6.07, 6.45) is 3.15. The molecule has 0 aliphatic carbocycles. The van der Waals surface area contributed by atoms with Crippen LogP contribution in [0.1, 0.15) is 15.9 Å². The molecule has 1 aromatic carbocycles. The molecular formula is C13H10N2OS. The van der Waals surface area contributed by atoms with E-state index in [0.717, 1.165) is 16.7 Å². The van der Waals surface area contributed by atoms with Crippen LogP contribution < -0.4 is 5.73 Å². The lowest BCUT2D eigenvalue weighted by atomic mass is 10.0. The molecule has 84 valence electrons. The molecule has 0 bridgehead atoms. The Balaban J connectivity index is 2.41. The van der Waals surface area contributed by atoms with Gasteiger partial charge in [0.25, 0.3) is 0 Å². The van der Waals surface area contributed by atoms with Gasteiger partial charge in [-0.25, -0.2) is 0 Å². The van der Waals surface area contributed by atoms with Gasteiger partial charge in [0.05, 0.1) is 5.56 Å². The smallest absolute Gasteiger partial charge is 0.250 e. The van der Waals surface area contributed by atoms with Crippen LogP contribution in [-0.4, -0.2) is 16.3 Å². The normalized spacial score (nSPS) is 9.88. The summed E-state index contributed by atoms with van der Waals surface area (Å²) in [5, 5.41) is 1.61. The zero-order valence-electron chi connectivity index (χ0n) is 8.96. The minimum absolute atomic E-state index is 0.404. The first-order chi connectivity index (χ1) is 8.20. The highest BCUT2D eigenvalue weighted by molar-refractivity contribution is 7.79. The second kappa shape index (κ2) is 4.84. The Morgan fingerprint density at radius 2 is 1.88 bits per heavy atom. The maximum atomic E-state index is 11.0. The molecule has 2 rings (SSSR count). The van der Waals surface area contributed by atoms with E-state index < -0.39 is 5.91 Å². The van der Waals surface area contributed by atoms with Crippen LogP contribution in [0.4, 0.5) is 0 Å². The molecule has 0 saturated heterocycles. The number of hydrogen-bond donors (Lipinski definition) is 1. The molecule has 0 atom stereocenters. The number of carbonyl (C=O) groups is 1. The fourth-order valence-electron chi connectivity index (χ4n) is 1.49. The lowest BCUT2D eigenvalue weighted by molar-refractivity contribution is 0.1000. The van der Waals surface area contributed by atoms with E-state index in [1.165, 1.54) is 6.20 Å². The largest absolute Gasteiger partial charge is 0.366 e. The molecule has 17 heavy (non-hydrogen) atoms. The molecule has 0 spiro atoms. The number of benzene rings is 1. The minimum Gasteiger partial charge on any atom is -0.366 e. The van der Waals surface area contributed by atoms with Crippen LogP contribution in [0.15, 0.2) is 42.7 Å². The maximum Gasteiger partial charge on any atom is 0.250 e. The number of aromatic nitrogens is 1.